The van der Waals surface area contributed by atoms with Crippen molar-refractivity contribution >= 4 is 22.7 Å². The van der Waals surface area contributed by atoms with Gasteiger partial charge in [0.25, 0.3) is 5.91 Å². The fourth-order valence-corrected chi connectivity index (χ4v) is 3.17. The molecule has 3 N–H and O–H groups in total. The van der Waals surface area contributed by atoms with Crippen LogP contribution in [0.25, 0.3) is 10.9 Å². The highest BCUT2D eigenvalue weighted by Gasteiger charge is 2.27. The average Bonchev–Trinajstić information content (AvgIpc) is 2.81. The summed E-state index contributed by atoms with van der Waals surface area (Å²) in [6.07, 6.45) is 1.60. The van der Waals surface area contributed by atoms with Gasteiger partial charge in [-0.05, 0) is 50.5 Å². The lowest BCUT2D eigenvalue weighted by molar-refractivity contribution is -0.123. The summed E-state index contributed by atoms with van der Waals surface area (Å²) in [4.78, 5) is 29.1. The molecule has 1 atom stereocenters. The molecule has 116 valence electrons. The number of carbonyl (C=O) groups excluding carboxylic acids is 2. The van der Waals surface area contributed by atoms with Crippen molar-refractivity contribution in [3.05, 3.63) is 35.0 Å². The summed E-state index contributed by atoms with van der Waals surface area (Å²) in [5.74, 6) is -0.561. The predicted molar refractivity (Wildman–Crippen MR) is 85.6 cm³/mol. The van der Waals surface area contributed by atoms with Crippen LogP contribution in [0.4, 0.5) is 0 Å². The van der Waals surface area contributed by atoms with Crippen LogP contribution >= 0.6 is 0 Å². The molecule has 2 aromatic rings. The van der Waals surface area contributed by atoms with Crippen LogP contribution in [0.3, 0.4) is 0 Å². The summed E-state index contributed by atoms with van der Waals surface area (Å²) in [6, 6.07) is 5.72. The van der Waals surface area contributed by atoms with E-state index in [-0.39, 0.29) is 17.7 Å². The zero-order valence-electron chi connectivity index (χ0n) is 13.0. The number of nitrogens with zero attached hydrogens (tertiary/aromatic N) is 1. The summed E-state index contributed by atoms with van der Waals surface area (Å²) in [6.45, 7) is 5.19. The normalized spacial score (nSPS) is 18.6. The second-order valence-corrected chi connectivity index (χ2v) is 6.13. The van der Waals surface area contributed by atoms with Crippen LogP contribution in [-0.2, 0) is 4.79 Å². The minimum Gasteiger partial charge on any atom is -0.369 e. The first-order chi connectivity index (χ1) is 10.5. The Morgan fingerprint density at radius 3 is 2.82 bits per heavy atom. The minimum atomic E-state index is -0.315. The summed E-state index contributed by atoms with van der Waals surface area (Å²) >= 11 is 0. The molecule has 0 aliphatic carbocycles. The molecule has 3 rings (SSSR count). The van der Waals surface area contributed by atoms with E-state index in [9.17, 15) is 9.59 Å². The van der Waals surface area contributed by atoms with E-state index in [1.807, 2.05) is 32.0 Å². The molecule has 1 aliphatic rings. The second kappa shape index (κ2) is 5.48. The third kappa shape index (κ3) is 2.47. The lowest BCUT2D eigenvalue weighted by Crippen LogP contribution is -2.44. The molecule has 0 radical (unpaired) electrons. The Balaban J connectivity index is 1.88. The van der Waals surface area contributed by atoms with Gasteiger partial charge in [-0.1, -0.05) is 0 Å². The number of nitrogens with one attached hydrogen (secondary N) is 1. The quantitative estimate of drug-likeness (QED) is 0.891. The van der Waals surface area contributed by atoms with Crippen molar-refractivity contribution < 1.29 is 9.59 Å². The number of aromatic amines is 1. The molecule has 1 fully saturated rings. The van der Waals surface area contributed by atoms with Gasteiger partial charge in [0.05, 0.1) is 5.92 Å². The molecule has 0 spiro atoms. The van der Waals surface area contributed by atoms with E-state index in [4.69, 9.17) is 5.73 Å². The molecular formula is C17H21N3O2. The molecule has 5 heteroatoms. The fourth-order valence-electron chi connectivity index (χ4n) is 3.17. The van der Waals surface area contributed by atoms with Crippen LogP contribution in [0.5, 0.6) is 0 Å². The lowest BCUT2D eigenvalue weighted by Gasteiger charge is -2.31. The van der Waals surface area contributed by atoms with Crippen LogP contribution < -0.4 is 5.73 Å². The molecule has 22 heavy (non-hydrogen) atoms. The second-order valence-electron chi connectivity index (χ2n) is 6.13. The molecule has 2 amide bonds. The van der Waals surface area contributed by atoms with Crippen molar-refractivity contribution in [1.29, 1.82) is 0 Å². The molecule has 1 aliphatic heterocycles. The monoisotopic (exact) mass is 299 g/mol. The molecule has 1 unspecified atom stereocenters. The number of hydrogen-bond acceptors (Lipinski definition) is 2. The number of aromatic nitrogens is 1. The molecule has 1 saturated heterocycles. The topological polar surface area (TPSA) is 79.2 Å². The molecule has 2 heterocycles. The van der Waals surface area contributed by atoms with Crippen LogP contribution in [0, 0.1) is 19.8 Å². The maximum Gasteiger partial charge on any atom is 0.253 e. The number of likely N-dealkylation sites (tertiary alicyclic amines) is 1. The van der Waals surface area contributed by atoms with Gasteiger partial charge in [-0.2, -0.15) is 0 Å². The highest BCUT2D eigenvalue weighted by Crippen LogP contribution is 2.24. The third-order valence-electron chi connectivity index (χ3n) is 4.67. The van der Waals surface area contributed by atoms with Gasteiger partial charge in [-0.15, -0.1) is 0 Å². The van der Waals surface area contributed by atoms with E-state index in [0.717, 1.165) is 29.4 Å². The lowest BCUT2D eigenvalue weighted by atomic mass is 9.96. The van der Waals surface area contributed by atoms with Crippen molar-refractivity contribution in [2.45, 2.75) is 26.7 Å². The summed E-state index contributed by atoms with van der Waals surface area (Å²) in [7, 11) is 0. The van der Waals surface area contributed by atoms with Crippen LogP contribution in [0.15, 0.2) is 18.2 Å². The largest absolute Gasteiger partial charge is 0.369 e. The Kier molecular flexibility index (Phi) is 3.64. The SMILES string of the molecule is Cc1[nH]c2ccc(C(=O)N3CCCC(C(N)=O)C3)cc2c1C. The maximum absolute atomic E-state index is 12.7. The zero-order chi connectivity index (χ0) is 15.9. The average molecular weight is 299 g/mol. The Bertz CT molecular complexity index is 748. The molecule has 1 aromatic carbocycles. The van der Waals surface area contributed by atoms with Gasteiger partial charge in [0.2, 0.25) is 5.91 Å². The number of amides is 2. The van der Waals surface area contributed by atoms with Crippen molar-refractivity contribution in [1.82, 2.24) is 9.88 Å². The van der Waals surface area contributed by atoms with Crippen LogP contribution in [0.2, 0.25) is 0 Å². The van der Waals surface area contributed by atoms with E-state index >= 15 is 0 Å². The zero-order valence-corrected chi connectivity index (χ0v) is 13.0. The Morgan fingerprint density at radius 1 is 1.32 bits per heavy atom. The first-order valence-corrected chi connectivity index (χ1v) is 7.65. The standard InChI is InChI=1S/C17H21N3O2/c1-10-11(2)19-15-6-5-12(8-14(10)15)17(22)20-7-3-4-13(9-20)16(18)21/h5-6,8,13,19H,3-4,7,9H2,1-2H3,(H2,18,21). The number of aryl methyl sites for hydroxylation is 2. The molecule has 5 nitrogen and oxygen atoms in total. The Hall–Kier alpha value is -2.30. The van der Waals surface area contributed by atoms with Crippen molar-refractivity contribution in [2.24, 2.45) is 11.7 Å². The summed E-state index contributed by atoms with van der Waals surface area (Å²) in [5.41, 5.74) is 9.37. The first-order valence-electron chi connectivity index (χ1n) is 7.65. The number of nitrogens with two attached hydrogens (primary N) is 1. The Labute approximate surface area is 129 Å². The van der Waals surface area contributed by atoms with Gasteiger partial charge in [-0.25, -0.2) is 0 Å². The van der Waals surface area contributed by atoms with Crippen molar-refractivity contribution in [3.63, 3.8) is 0 Å². The van der Waals surface area contributed by atoms with Gasteiger partial charge in [0.15, 0.2) is 0 Å². The molecular weight excluding hydrogens is 278 g/mol. The molecule has 0 saturated carbocycles. The molecule has 0 bridgehead atoms. The fraction of sp³-hybridized carbons (Fsp3) is 0.412. The number of hydrogen-bond donors (Lipinski definition) is 2. The van der Waals surface area contributed by atoms with E-state index in [1.165, 1.54) is 5.56 Å². The number of fused-ring (bicyclic) bond motifs is 1. The van der Waals surface area contributed by atoms with Crippen LogP contribution in [-0.4, -0.2) is 34.8 Å². The van der Waals surface area contributed by atoms with Crippen molar-refractivity contribution in [3.8, 4) is 0 Å². The van der Waals surface area contributed by atoms with E-state index in [0.29, 0.717) is 18.7 Å². The van der Waals surface area contributed by atoms with Gasteiger partial charge < -0.3 is 15.6 Å². The van der Waals surface area contributed by atoms with Gasteiger partial charge in [0.1, 0.15) is 0 Å². The Morgan fingerprint density at radius 2 is 2.09 bits per heavy atom. The number of H-pyrrole nitrogens is 1. The number of rotatable bonds is 2. The smallest absolute Gasteiger partial charge is 0.253 e. The third-order valence-corrected chi connectivity index (χ3v) is 4.67. The number of piperidine rings is 1. The minimum absolute atomic E-state index is 0.0221. The highest BCUT2D eigenvalue weighted by atomic mass is 16.2. The first kappa shape index (κ1) is 14.6. The van der Waals surface area contributed by atoms with Crippen molar-refractivity contribution in [2.75, 3.05) is 13.1 Å². The van der Waals surface area contributed by atoms with Gasteiger partial charge in [-0.3, -0.25) is 9.59 Å². The van der Waals surface area contributed by atoms with E-state index in [2.05, 4.69) is 4.98 Å². The number of benzene rings is 1. The highest BCUT2D eigenvalue weighted by molar-refractivity contribution is 5.99. The summed E-state index contributed by atoms with van der Waals surface area (Å²) < 4.78 is 0. The molecule has 1 aromatic heterocycles. The number of carbonyl (C=O) groups is 2. The number of primary amides is 1. The maximum atomic E-state index is 12.7. The summed E-state index contributed by atoms with van der Waals surface area (Å²) in [5, 5.41) is 1.08. The van der Waals surface area contributed by atoms with E-state index in [1.54, 1.807) is 4.90 Å². The van der Waals surface area contributed by atoms with Gasteiger partial charge >= 0.3 is 0 Å². The van der Waals surface area contributed by atoms with Crippen LogP contribution in [0.1, 0.15) is 34.5 Å². The van der Waals surface area contributed by atoms with Gasteiger partial charge in [0, 0.05) is 35.2 Å². The predicted octanol–water partition coefficient (Wildman–Crippen LogP) is 2.12. The van der Waals surface area contributed by atoms with E-state index < -0.39 is 0 Å².